The third-order valence-corrected chi connectivity index (χ3v) is 6.36. The van der Waals surface area contributed by atoms with Crippen LogP contribution in [0.5, 0.6) is 0 Å². The van der Waals surface area contributed by atoms with Crippen LogP contribution >= 0.6 is 11.8 Å². The average molecular weight is 401 g/mol. The topological polar surface area (TPSA) is 82.9 Å². The quantitative estimate of drug-likeness (QED) is 0.556. The predicted molar refractivity (Wildman–Crippen MR) is 116 cm³/mol. The highest BCUT2D eigenvalue weighted by atomic mass is 32.2. The Morgan fingerprint density at radius 3 is 2.61 bits per heavy atom. The van der Waals surface area contributed by atoms with Gasteiger partial charge >= 0.3 is 0 Å². The molecule has 0 bridgehead atoms. The van der Waals surface area contributed by atoms with Crippen LogP contribution in [0.4, 0.5) is 5.69 Å². The van der Waals surface area contributed by atoms with Gasteiger partial charge in [-0.15, -0.1) is 5.10 Å². The molecule has 2 amide bonds. The number of carbonyl (C=O) groups excluding carboxylic acids is 2. The van der Waals surface area contributed by atoms with E-state index in [4.69, 9.17) is 0 Å². The zero-order valence-corrected chi connectivity index (χ0v) is 17.3. The van der Waals surface area contributed by atoms with E-state index in [1.54, 1.807) is 0 Å². The fourth-order valence-corrected chi connectivity index (χ4v) is 4.43. The van der Waals surface area contributed by atoms with Crippen molar-refractivity contribution in [2.24, 2.45) is 16.1 Å². The number of aryl methyl sites for hydroxylation is 1. The number of thioether (sulfide) groups is 1. The van der Waals surface area contributed by atoms with Crippen molar-refractivity contribution in [2.75, 3.05) is 5.32 Å². The summed E-state index contributed by atoms with van der Waals surface area (Å²) in [5, 5.41) is 14.1. The lowest BCUT2D eigenvalue weighted by Crippen LogP contribution is -2.28. The van der Waals surface area contributed by atoms with Gasteiger partial charge in [-0.1, -0.05) is 50.1 Å². The third-order valence-electron chi connectivity index (χ3n) is 5.29. The number of nitrogens with zero attached hydrogens (tertiary/aromatic N) is 2. The summed E-state index contributed by atoms with van der Waals surface area (Å²) in [6.07, 6.45) is 7.20. The summed E-state index contributed by atoms with van der Waals surface area (Å²) >= 11 is 1.27. The average Bonchev–Trinajstić information content (AvgIpc) is 3.06. The first-order valence-electron chi connectivity index (χ1n) is 10.0. The third kappa shape index (κ3) is 5.67. The van der Waals surface area contributed by atoms with E-state index in [-0.39, 0.29) is 18.2 Å². The Hall–Kier alpha value is -2.15. The van der Waals surface area contributed by atoms with E-state index in [1.165, 1.54) is 49.4 Å². The van der Waals surface area contributed by atoms with Crippen LogP contribution in [0.1, 0.15) is 57.9 Å². The molecule has 150 valence electrons. The first-order chi connectivity index (χ1) is 13.5. The Balaban J connectivity index is 1.52. The Bertz CT molecular complexity index is 767. The van der Waals surface area contributed by atoms with Gasteiger partial charge in [0.2, 0.25) is 11.8 Å². The summed E-state index contributed by atoms with van der Waals surface area (Å²) < 4.78 is 0. The zero-order chi connectivity index (χ0) is 19.9. The van der Waals surface area contributed by atoms with Crippen LogP contribution in [-0.2, 0) is 16.0 Å². The van der Waals surface area contributed by atoms with E-state index < -0.39 is 5.25 Å². The Labute approximate surface area is 170 Å². The molecule has 1 aromatic carbocycles. The molecule has 0 aromatic heterocycles. The summed E-state index contributed by atoms with van der Waals surface area (Å²) in [6.45, 7) is 4.10. The van der Waals surface area contributed by atoms with Gasteiger partial charge in [-0.3, -0.25) is 9.59 Å². The largest absolute Gasteiger partial charge is 0.326 e. The van der Waals surface area contributed by atoms with E-state index in [2.05, 4.69) is 27.8 Å². The number of amidine groups is 1. The first kappa shape index (κ1) is 20.6. The number of nitrogens with one attached hydrogen (secondary N) is 2. The van der Waals surface area contributed by atoms with Crippen molar-refractivity contribution < 1.29 is 9.59 Å². The van der Waals surface area contributed by atoms with E-state index >= 15 is 0 Å². The second-order valence-electron chi connectivity index (χ2n) is 7.38. The van der Waals surface area contributed by atoms with Crippen LogP contribution in [0.3, 0.4) is 0 Å². The highest BCUT2D eigenvalue weighted by Crippen LogP contribution is 2.26. The van der Waals surface area contributed by atoms with Crippen molar-refractivity contribution in [1.29, 1.82) is 0 Å². The second kappa shape index (κ2) is 9.87. The van der Waals surface area contributed by atoms with E-state index in [0.29, 0.717) is 11.1 Å². The van der Waals surface area contributed by atoms with Crippen LogP contribution in [-0.4, -0.2) is 27.9 Å². The fourth-order valence-electron chi connectivity index (χ4n) is 3.52. The summed E-state index contributed by atoms with van der Waals surface area (Å²) in [5.74, 6) is 0.131. The van der Waals surface area contributed by atoms with Crippen LogP contribution in [0, 0.1) is 5.92 Å². The zero-order valence-electron chi connectivity index (χ0n) is 16.5. The van der Waals surface area contributed by atoms with Crippen molar-refractivity contribution in [3.63, 3.8) is 0 Å². The molecule has 1 saturated heterocycles. The maximum absolute atomic E-state index is 12.3. The Morgan fingerprint density at radius 2 is 1.93 bits per heavy atom. The van der Waals surface area contributed by atoms with Crippen molar-refractivity contribution in [2.45, 2.75) is 64.0 Å². The molecule has 1 heterocycles. The number of carbonyl (C=O) groups is 2. The van der Waals surface area contributed by atoms with Crippen molar-refractivity contribution in [3.8, 4) is 0 Å². The predicted octanol–water partition coefficient (Wildman–Crippen LogP) is 4.12. The Kier molecular flexibility index (Phi) is 7.25. The molecule has 0 spiro atoms. The number of rotatable bonds is 6. The monoisotopic (exact) mass is 400 g/mol. The van der Waals surface area contributed by atoms with Gasteiger partial charge in [-0.25, -0.2) is 0 Å². The van der Waals surface area contributed by atoms with E-state index in [1.807, 2.05) is 31.2 Å². The minimum Gasteiger partial charge on any atom is -0.326 e. The minimum atomic E-state index is -0.473. The molecular weight excluding hydrogens is 372 g/mol. The van der Waals surface area contributed by atoms with E-state index in [0.717, 1.165) is 17.8 Å². The summed E-state index contributed by atoms with van der Waals surface area (Å²) in [7, 11) is 0. The van der Waals surface area contributed by atoms with Gasteiger partial charge in [0.1, 0.15) is 5.25 Å². The fraction of sp³-hybridized carbons (Fsp3) is 0.524. The number of benzene rings is 1. The number of anilines is 1. The molecule has 1 aliphatic heterocycles. The molecule has 28 heavy (non-hydrogen) atoms. The van der Waals surface area contributed by atoms with Gasteiger partial charge < -0.3 is 10.6 Å². The normalized spacial score (nSPS) is 22.4. The van der Waals surface area contributed by atoms with Gasteiger partial charge in [0, 0.05) is 17.8 Å². The summed E-state index contributed by atoms with van der Waals surface area (Å²) in [6, 6.07) is 7.75. The molecule has 6 nitrogen and oxygen atoms in total. The highest BCUT2D eigenvalue weighted by Gasteiger charge is 2.32. The molecule has 2 N–H and O–H groups in total. The van der Waals surface area contributed by atoms with Crippen molar-refractivity contribution in [1.82, 2.24) is 5.32 Å². The SMILES string of the molecule is CCc1ccc(NC(=O)CC2S/C(=N\N=C(/C)C3CCCCC3)NC2=O)cc1. The lowest BCUT2D eigenvalue weighted by atomic mass is 9.86. The molecule has 2 aliphatic rings. The molecule has 1 unspecified atom stereocenters. The second-order valence-corrected chi connectivity index (χ2v) is 8.57. The standard InChI is InChI=1S/C21H28N4O2S/c1-3-15-9-11-17(12-10-15)22-19(26)13-18-20(27)23-21(28-18)25-24-14(2)16-7-5-4-6-8-16/h9-12,16,18H,3-8,13H2,1-2H3,(H,22,26)(H,23,25,27)/b24-14+. The van der Waals surface area contributed by atoms with Gasteiger partial charge in [-0.05, 0) is 49.8 Å². The van der Waals surface area contributed by atoms with E-state index in [9.17, 15) is 9.59 Å². The Morgan fingerprint density at radius 1 is 1.21 bits per heavy atom. The summed E-state index contributed by atoms with van der Waals surface area (Å²) in [4.78, 5) is 24.4. The van der Waals surface area contributed by atoms with Gasteiger partial charge in [-0.2, -0.15) is 5.10 Å². The number of hydrogen-bond donors (Lipinski definition) is 2. The van der Waals surface area contributed by atoms with Gasteiger partial charge in [0.05, 0.1) is 0 Å². The molecule has 3 rings (SSSR count). The molecule has 7 heteroatoms. The minimum absolute atomic E-state index is 0.108. The molecule has 1 aromatic rings. The van der Waals surface area contributed by atoms with Crippen LogP contribution in [0.15, 0.2) is 34.5 Å². The molecule has 1 saturated carbocycles. The number of hydrogen-bond acceptors (Lipinski definition) is 5. The molecule has 0 radical (unpaired) electrons. The molecule has 1 atom stereocenters. The molecule has 2 fully saturated rings. The number of amides is 2. The van der Waals surface area contributed by atoms with Crippen LogP contribution in [0.2, 0.25) is 0 Å². The molecular formula is C21H28N4O2S. The van der Waals surface area contributed by atoms with Gasteiger partial charge in [0.15, 0.2) is 5.17 Å². The van der Waals surface area contributed by atoms with Crippen LogP contribution < -0.4 is 10.6 Å². The lowest BCUT2D eigenvalue weighted by Gasteiger charge is -2.20. The molecule has 1 aliphatic carbocycles. The van der Waals surface area contributed by atoms with Crippen molar-refractivity contribution in [3.05, 3.63) is 29.8 Å². The van der Waals surface area contributed by atoms with Crippen LogP contribution in [0.25, 0.3) is 0 Å². The van der Waals surface area contributed by atoms with Crippen molar-refractivity contribution >= 4 is 40.1 Å². The summed E-state index contributed by atoms with van der Waals surface area (Å²) in [5.41, 5.74) is 2.99. The first-order valence-corrected chi connectivity index (χ1v) is 10.9. The maximum Gasteiger partial charge on any atom is 0.240 e. The maximum atomic E-state index is 12.3. The highest BCUT2D eigenvalue weighted by molar-refractivity contribution is 8.15. The smallest absolute Gasteiger partial charge is 0.240 e. The van der Waals surface area contributed by atoms with Gasteiger partial charge in [0.25, 0.3) is 0 Å². The lowest BCUT2D eigenvalue weighted by molar-refractivity contribution is -0.122.